The first-order valence-corrected chi connectivity index (χ1v) is 8.42. The molecule has 2 N–H and O–H groups in total. The van der Waals surface area contributed by atoms with Crippen molar-refractivity contribution in [1.29, 1.82) is 0 Å². The Morgan fingerprint density at radius 2 is 2.16 bits per heavy atom. The van der Waals surface area contributed by atoms with Crippen LogP contribution >= 0.6 is 27.3 Å². The van der Waals surface area contributed by atoms with Crippen LogP contribution in [0.3, 0.4) is 0 Å². The number of hydrogen-bond donors (Lipinski definition) is 2. The fourth-order valence-corrected chi connectivity index (χ4v) is 5.19. The third-order valence-electron chi connectivity index (χ3n) is 2.15. The van der Waals surface area contributed by atoms with Crippen LogP contribution in [0, 0.1) is 0 Å². The van der Waals surface area contributed by atoms with Crippen molar-refractivity contribution in [3.63, 3.8) is 0 Å². The van der Waals surface area contributed by atoms with E-state index in [0.29, 0.717) is 6.54 Å². The second-order valence-corrected chi connectivity index (χ2v) is 8.39. The number of carboxylic acid groups (broad SMARTS) is 1. The number of carbonyl (C=O) groups is 1. The van der Waals surface area contributed by atoms with E-state index in [4.69, 9.17) is 5.11 Å². The third kappa shape index (κ3) is 4.53. The van der Waals surface area contributed by atoms with Crippen LogP contribution in [-0.4, -0.2) is 51.1 Å². The fourth-order valence-electron chi connectivity index (χ4n) is 1.55. The Labute approximate surface area is 124 Å². The van der Waals surface area contributed by atoms with Crippen LogP contribution in [-0.2, 0) is 10.0 Å². The maximum absolute atomic E-state index is 12.1. The lowest BCUT2D eigenvalue weighted by atomic mass is 10.3. The number of hydrogen-bond acceptors (Lipinski definition) is 5. The first-order chi connectivity index (χ1) is 8.63. The van der Waals surface area contributed by atoms with Gasteiger partial charge < -0.3 is 10.0 Å². The largest absolute Gasteiger partial charge is 0.477 e. The lowest BCUT2D eigenvalue weighted by molar-refractivity contribution is 0.0702. The van der Waals surface area contributed by atoms with E-state index < -0.39 is 16.0 Å². The van der Waals surface area contributed by atoms with Crippen molar-refractivity contribution >= 4 is 43.3 Å². The molecule has 1 heterocycles. The summed E-state index contributed by atoms with van der Waals surface area (Å²) >= 11 is 3.97. The molecule has 108 valence electrons. The number of aromatic carboxylic acids is 1. The quantitative estimate of drug-likeness (QED) is 0.790. The predicted molar refractivity (Wildman–Crippen MR) is 77.3 cm³/mol. The molecule has 0 radical (unpaired) electrons. The summed E-state index contributed by atoms with van der Waals surface area (Å²) in [6.07, 6.45) is 0. The molecule has 1 unspecified atom stereocenters. The second-order valence-electron chi connectivity index (χ2n) is 4.34. The van der Waals surface area contributed by atoms with Gasteiger partial charge in [-0.1, -0.05) is 0 Å². The zero-order valence-corrected chi connectivity index (χ0v) is 13.9. The summed E-state index contributed by atoms with van der Waals surface area (Å²) in [6.45, 7) is 2.29. The van der Waals surface area contributed by atoms with Gasteiger partial charge in [-0.15, -0.1) is 11.3 Å². The van der Waals surface area contributed by atoms with Crippen molar-refractivity contribution in [2.24, 2.45) is 0 Å². The Morgan fingerprint density at radius 3 is 2.58 bits per heavy atom. The van der Waals surface area contributed by atoms with Crippen LogP contribution in [0.2, 0.25) is 0 Å². The highest BCUT2D eigenvalue weighted by molar-refractivity contribution is 9.11. The van der Waals surface area contributed by atoms with E-state index in [1.54, 1.807) is 6.92 Å². The van der Waals surface area contributed by atoms with Gasteiger partial charge in [-0.05, 0) is 43.0 Å². The Kier molecular flexibility index (Phi) is 5.51. The van der Waals surface area contributed by atoms with E-state index >= 15 is 0 Å². The van der Waals surface area contributed by atoms with Gasteiger partial charge in [0.1, 0.15) is 9.77 Å². The van der Waals surface area contributed by atoms with E-state index in [-0.39, 0.29) is 19.6 Å². The topological polar surface area (TPSA) is 86.7 Å². The van der Waals surface area contributed by atoms with E-state index in [0.717, 1.165) is 17.4 Å². The summed E-state index contributed by atoms with van der Waals surface area (Å²) in [5.41, 5.74) is 0. The van der Waals surface area contributed by atoms with Gasteiger partial charge in [-0.3, -0.25) is 0 Å². The SMILES string of the molecule is CC(CN(C)C)NS(=O)(=O)c1cc(C(=O)O)sc1Br. The number of rotatable bonds is 6. The Balaban J connectivity index is 2.97. The Hall–Kier alpha value is -0.480. The van der Waals surface area contributed by atoms with E-state index in [1.807, 2.05) is 19.0 Å². The van der Waals surface area contributed by atoms with Crippen LogP contribution in [0.15, 0.2) is 14.7 Å². The minimum absolute atomic E-state index is 0.0208. The van der Waals surface area contributed by atoms with Crippen molar-refractivity contribution in [2.75, 3.05) is 20.6 Å². The smallest absolute Gasteiger partial charge is 0.345 e. The van der Waals surface area contributed by atoms with Crippen LogP contribution in [0.5, 0.6) is 0 Å². The van der Waals surface area contributed by atoms with E-state index in [9.17, 15) is 13.2 Å². The van der Waals surface area contributed by atoms with Crippen molar-refractivity contribution < 1.29 is 18.3 Å². The minimum atomic E-state index is -3.72. The maximum atomic E-state index is 12.1. The average molecular weight is 371 g/mol. The number of halogens is 1. The predicted octanol–water partition coefficient (Wildman–Crippen LogP) is 1.44. The number of nitrogens with zero attached hydrogens (tertiary/aromatic N) is 1. The summed E-state index contributed by atoms with van der Waals surface area (Å²) in [7, 11) is -0.0427. The first-order valence-electron chi connectivity index (χ1n) is 5.33. The molecule has 1 atom stereocenters. The van der Waals surface area contributed by atoms with Gasteiger partial charge in [0.25, 0.3) is 0 Å². The average Bonchev–Trinajstić information content (AvgIpc) is 2.58. The summed E-state index contributed by atoms with van der Waals surface area (Å²) < 4.78 is 27.1. The molecule has 0 spiro atoms. The lowest BCUT2D eigenvalue weighted by Crippen LogP contribution is -2.39. The fraction of sp³-hybridized carbons (Fsp3) is 0.500. The molecular weight excluding hydrogens is 356 g/mol. The molecule has 6 nitrogen and oxygen atoms in total. The zero-order chi connectivity index (χ0) is 14.8. The monoisotopic (exact) mass is 370 g/mol. The molecule has 1 aromatic rings. The molecule has 0 fully saturated rings. The zero-order valence-electron chi connectivity index (χ0n) is 10.7. The number of nitrogens with one attached hydrogen (secondary N) is 1. The normalized spacial score (nSPS) is 13.7. The highest BCUT2D eigenvalue weighted by Gasteiger charge is 2.24. The molecule has 1 rings (SSSR count). The van der Waals surface area contributed by atoms with Crippen molar-refractivity contribution in [1.82, 2.24) is 9.62 Å². The second kappa shape index (κ2) is 6.31. The molecule has 19 heavy (non-hydrogen) atoms. The molecule has 0 bridgehead atoms. The Bertz CT molecular complexity index is 568. The summed E-state index contributed by atoms with van der Waals surface area (Å²) in [6, 6.07) is 0.877. The molecule has 0 aliphatic rings. The van der Waals surface area contributed by atoms with Gasteiger partial charge in [0.05, 0.1) is 3.79 Å². The summed E-state index contributed by atoms with van der Waals surface area (Å²) in [5, 5.41) is 8.86. The molecule has 0 saturated carbocycles. The molecular formula is C10H15BrN2O4S2. The van der Waals surface area contributed by atoms with Gasteiger partial charge in [0.15, 0.2) is 0 Å². The lowest BCUT2D eigenvalue weighted by Gasteiger charge is -2.18. The maximum Gasteiger partial charge on any atom is 0.345 e. The van der Waals surface area contributed by atoms with Crippen molar-refractivity contribution in [3.05, 3.63) is 14.7 Å². The summed E-state index contributed by atoms with van der Waals surface area (Å²) in [5.74, 6) is -1.14. The number of sulfonamides is 1. The number of likely N-dealkylation sites (N-methyl/N-ethyl adjacent to an activating group) is 1. The van der Waals surface area contributed by atoms with Gasteiger partial charge in [-0.25, -0.2) is 17.9 Å². The molecule has 0 aromatic carbocycles. The highest BCUT2D eigenvalue weighted by Crippen LogP contribution is 2.31. The number of carboxylic acids is 1. The van der Waals surface area contributed by atoms with Gasteiger partial charge >= 0.3 is 5.97 Å². The van der Waals surface area contributed by atoms with Crippen LogP contribution in [0.25, 0.3) is 0 Å². The minimum Gasteiger partial charge on any atom is -0.477 e. The van der Waals surface area contributed by atoms with Crippen LogP contribution in [0.1, 0.15) is 16.6 Å². The van der Waals surface area contributed by atoms with Crippen LogP contribution < -0.4 is 4.72 Å². The molecule has 0 saturated heterocycles. The highest BCUT2D eigenvalue weighted by atomic mass is 79.9. The molecule has 1 aromatic heterocycles. The van der Waals surface area contributed by atoms with Gasteiger partial charge in [0, 0.05) is 12.6 Å². The third-order valence-corrected chi connectivity index (χ3v) is 5.98. The van der Waals surface area contributed by atoms with Crippen molar-refractivity contribution in [3.8, 4) is 0 Å². The van der Waals surface area contributed by atoms with Crippen LogP contribution in [0.4, 0.5) is 0 Å². The molecule has 0 aliphatic heterocycles. The van der Waals surface area contributed by atoms with Gasteiger partial charge in [-0.2, -0.15) is 0 Å². The Morgan fingerprint density at radius 1 is 1.58 bits per heavy atom. The first kappa shape index (κ1) is 16.6. The molecule has 9 heteroatoms. The standard InChI is InChI=1S/C10H15BrN2O4S2/c1-6(5-13(2)3)12-19(16,17)8-4-7(10(14)15)18-9(8)11/h4,6,12H,5H2,1-3H3,(H,14,15). The number of thiophene rings is 1. The van der Waals surface area contributed by atoms with Crippen molar-refractivity contribution in [2.45, 2.75) is 17.9 Å². The van der Waals surface area contributed by atoms with E-state index in [1.165, 1.54) is 0 Å². The van der Waals surface area contributed by atoms with Gasteiger partial charge in [0.2, 0.25) is 10.0 Å². The molecule has 0 aliphatic carbocycles. The molecule has 0 amide bonds. The van der Waals surface area contributed by atoms with E-state index in [2.05, 4.69) is 20.7 Å². The summed E-state index contributed by atoms with van der Waals surface area (Å²) in [4.78, 5) is 12.6.